The number of hydrogen-bond donors (Lipinski definition) is 1. The Balaban J connectivity index is 1.56. The molecule has 6 heteroatoms. The molecule has 1 aromatic heterocycles. The van der Waals surface area contributed by atoms with Crippen molar-refractivity contribution < 1.29 is 14.3 Å². The maximum absolute atomic E-state index is 12.3. The van der Waals surface area contributed by atoms with Crippen molar-refractivity contribution in [2.75, 3.05) is 19.7 Å². The molecule has 132 valence electrons. The summed E-state index contributed by atoms with van der Waals surface area (Å²) in [7, 11) is 0. The SMILES string of the molecule is C[C@H]1C[C@H](C)CN(C(=O)COC(=O)c2cc(-c3ccccc3)n[nH]2)C1. The first kappa shape index (κ1) is 17.2. The van der Waals surface area contributed by atoms with Gasteiger partial charge in [-0.3, -0.25) is 9.89 Å². The predicted octanol–water partition coefficient (Wildman–Crippen LogP) is 2.74. The zero-order chi connectivity index (χ0) is 17.8. The van der Waals surface area contributed by atoms with Crippen LogP contribution in [0, 0.1) is 11.8 Å². The number of amides is 1. The highest BCUT2D eigenvalue weighted by atomic mass is 16.5. The van der Waals surface area contributed by atoms with E-state index in [0.29, 0.717) is 17.5 Å². The van der Waals surface area contributed by atoms with Crippen LogP contribution in [0.2, 0.25) is 0 Å². The Bertz CT molecular complexity index is 731. The fourth-order valence-corrected chi connectivity index (χ4v) is 3.35. The lowest BCUT2D eigenvalue weighted by Gasteiger charge is -2.34. The second-order valence-corrected chi connectivity index (χ2v) is 6.85. The average molecular weight is 341 g/mol. The molecular formula is C19H23N3O3. The molecule has 1 aliphatic heterocycles. The summed E-state index contributed by atoms with van der Waals surface area (Å²) >= 11 is 0. The Morgan fingerprint density at radius 1 is 1.20 bits per heavy atom. The molecule has 1 aromatic carbocycles. The lowest BCUT2D eigenvalue weighted by molar-refractivity contribution is -0.137. The molecule has 0 aliphatic carbocycles. The summed E-state index contributed by atoms with van der Waals surface area (Å²) < 4.78 is 5.16. The summed E-state index contributed by atoms with van der Waals surface area (Å²) in [6.07, 6.45) is 1.12. The van der Waals surface area contributed by atoms with E-state index in [1.165, 1.54) is 0 Å². The topological polar surface area (TPSA) is 75.3 Å². The number of aromatic nitrogens is 2. The molecule has 1 N–H and O–H groups in total. The summed E-state index contributed by atoms with van der Waals surface area (Å²) in [4.78, 5) is 26.2. The van der Waals surface area contributed by atoms with E-state index in [1.54, 1.807) is 11.0 Å². The largest absolute Gasteiger partial charge is 0.451 e. The van der Waals surface area contributed by atoms with Crippen LogP contribution in [0.4, 0.5) is 0 Å². The number of ether oxygens (including phenoxy) is 1. The van der Waals surface area contributed by atoms with Crippen LogP contribution in [-0.2, 0) is 9.53 Å². The molecule has 1 saturated heterocycles. The molecular weight excluding hydrogens is 318 g/mol. The summed E-state index contributed by atoms with van der Waals surface area (Å²) in [5.41, 5.74) is 1.81. The van der Waals surface area contributed by atoms with Gasteiger partial charge in [-0.05, 0) is 24.3 Å². The van der Waals surface area contributed by atoms with E-state index in [0.717, 1.165) is 25.1 Å². The van der Waals surface area contributed by atoms with E-state index in [2.05, 4.69) is 24.0 Å². The number of likely N-dealkylation sites (tertiary alicyclic amines) is 1. The van der Waals surface area contributed by atoms with Crippen molar-refractivity contribution in [2.24, 2.45) is 11.8 Å². The molecule has 0 bridgehead atoms. The minimum atomic E-state index is -0.568. The van der Waals surface area contributed by atoms with Crippen LogP contribution in [0.5, 0.6) is 0 Å². The lowest BCUT2D eigenvalue weighted by atomic mass is 9.92. The second kappa shape index (κ2) is 7.51. The molecule has 1 aliphatic rings. The van der Waals surface area contributed by atoms with Crippen molar-refractivity contribution in [1.82, 2.24) is 15.1 Å². The number of nitrogens with zero attached hydrogens (tertiary/aromatic N) is 2. The van der Waals surface area contributed by atoms with Crippen LogP contribution >= 0.6 is 0 Å². The minimum absolute atomic E-state index is 0.144. The Morgan fingerprint density at radius 3 is 2.56 bits per heavy atom. The Kier molecular flexibility index (Phi) is 5.16. The first-order valence-electron chi connectivity index (χ1n) is 8.58. The predicted molar refractivity (Wildman–Crippen MR) is 93.8 cm³/mol. The first-order valence-corrected chi connectivity index (χ1v) is 8.58. The van der Waals surface area contributed by atoms with Gasteiger partial charge in [0.1, 0.15) is 5.69 Å². The zero-order valence-electron chi connectivity index (χ0n) is 14.6. The summed E-state index contributed by atoms with van der Waals surface area (Å²) in [6.45, 7) is 5.49. The van der Waals surface area contributed by atoms with Crippen molar-refractivity contribution in [3.63, 3.8) is 0 Å². The lowest BCUT2D eigenvalue weighted by Crippen LogP contribution is -2.44. The summed E-state index contributed by atoms with van der Waals surface area (Å²) in [6, 6.07) is 11.2. The van der Waals surface area contributed by atoms with Gasteiger partial charge in [-0.25, -0.2) is 4.79 Å². The fraction of sp³-hybridized carbons (Fsp3) is 0.421. The molecule has 25 heavy (non-hydrogen) atoms. The van der Waals surface area contributed by atoms with Crippen LogP contribution in [-0.4, -0.2) is 46.7 Å². The molecule has 2 atom stereocenters. The number of carbonyl (C=O) groups excluding carboxylic acids is 2. The monoisotopic (exact) mass is 341 g/mol. The van der Waals surface area contributed by atoms with Gasteiger partial charge in [0.15, 0.2) is 6.61 Å². The Morgan fingerprint density at radius 2 is 1.88 bits per heavy atom. The molecule has 1 amide bonds. The van der Waals surface area contributed by atoms with E-state index in [1.807, 2.05) is 30.3 Å². The maximum Gasteiger partial charge on any atom is 0.356 e. The maximum atomic E-state index is 12.3. The van der Waals surface area contributed by atoms with Crippen molar-refractivity contribution in [2.45, 2.75) is 20.3 Å². The molecule has 0 spiro atoms. The molecule has 0 radical (unpaired) electrons. The highest BCUT2D eigenvalue weighted by Crippen LogP contribution is 2.21. The Labute approximate surface area is 147 Å². The second-order valence-electron chi connectivity index (χ2n) is 6.85. The highest BCUT2D eigenvalue weighted by Gasteiger charge is 2.26. The van der Waals surface area contributed by atoms with Crippen LogP contribution in [0.15, 0.2) is 36.4 Å². The standard InChI is InChI=1S/C19H23N3O3/c1-13-8-14(2)11-22(10-13)18(23)12-25-19(24)17-9-16(20-21-17)15-6-4-3-5-7-15/h3-7,9,13-14H,8,10-12H2,1-2H3,(H,20,21)/t13-,14-/m0/s1. The number of H-pyrrole nitrogens is 1. The van der Waals surface area contributed by atoms with Gasteiger partial charge in [0.05, 0.1) is 5.69 Å². The number of aromatic amines is 1. The van der Waals surface area contributed by atoms with Crippen LogP contribution in [0.1, 0.15) is 30.8 Å². The van der Waals surface area contributed by atoms with Gasteiger partial charge >= 0.3 is 5.97 Å². The normalized spacial score (nSPS) is 20.3. The van der Waals surface area contributed by atoms with Gasteiger partial charge in [-0.15, -0.1) is 0 Å². The third kappa shape index (κ3) is 4.26. The fourth-order valence-electron chi connectivity index (χ4n) is 3.35. The number of carbonyl (C=O) groups is 2. The molecule has 1 fully saturated rings. The zero-order valence-corrected chi connectivity index (χ0v) is 14.6. The van der Waals surface area contributed by atoms with Gasteiger partial charge in [0, 0.05) is 18.7 Å². The third-order valence-electron chi connectivity index (χ3n) is 4.42. The number of esters is 1. The smallest absolute Gasteiger partial charge is 0.356 e. The quantitative estimate of drug-likeness (QED) is 0.868. The van der Waals surface area contributed by atoms with Crippen LogP contribution in [0.3, 0.4) is 0 Å². The van der Waals surface area contributed by atoms with E-state index in [4.69, 9.17) is 4.74 Å². The Hall–Kier alpha value is -2.63. The van der Waals surface area contributed by atoms with E-state index >= 15 is 0 Å². The molecule has 2 heterocycles. The minimum Gasteiger partial charge on any atom is -0.451 e. The van der Waals surface area contributed by atoms with E-state index < -0.39 is 5.97 Å². The van der Waals surface area contributed by atoms with Crippen LogP contribution in [0.25, 0.3) is 11.3 Å². The van der Waals surface area contributed by atoms with E-state index in [9.17, 15) is 9.59 Å². The molecule has 6 nitrogen and oxygen atoms in total. The molecule has 0 saturated carbocycles. The molecule has 0 unspecified atom stereocenters. The molecule has 3 rings (SSSR count). The number of rotatable bonds is 4. The molecule has 2 aromatic rings. The number of benzene rings is 1. The van der Waals surface area contributed by atoms with Gasteiger partial charge in [-0.2, -0.15) is 5.10 Å². The average Bonchev–Trinajstić information content (AvgIpc) is 3.09. The van der Waals surface area contributed by atoms with Crippen molar-refractivity contribution in [3.05, 3.63) is 42.1 Å². The summed E-state index contributed by atoms with van der Waals surface area (Å²) in [5, 5.41) is 6.80. The van der Waals surface area contributed by atoms with Crippen molar-refractivity contribution in [3.8, 4) is 11.3 Å². The summed E-state index contributed by atoms with van der Waals surface area (Å²) in [5.74, 6) is 0.240. The highest BCUT2D eigenvalue weighted by molar-refractivity contribution is 5.90. The number of nitrogens with one attached hydrogen (secondary N) is 1. The third-order valence-corrected chi connectivity index (χ3v) is 4.42. The van der Waals surface area contributed by atoms with Gasteiger partial charge in [-0.1, -0.05) is 44.2 Å². The van der Waals surface area contributed by atoms with Crippen LogP contribution < -0.4 is 0 Å². The number of piperidine rings is 1. The van der Waals surface area contributed by atoms with Gasteiger partial charge in [0.25, 0.3) is 5.91 Å². The van der Waals surface area contributed by atoms with Gasteiger partial charge in [0.2, 0.25) is 0 Å². The van der Waals surface area contributed by atoms with Crippen molar-refractivity contribution in [1.29, 1.82) is 0 Å². The number of hydrogen-bond acceptors (Lipinski definition) is 4. The van der Waals surface area contributed by atoms with Gasteiger partial charge < -0.3 is 9.64 Å². The first-order chi connectivity index (χ1) is 12.0. The van der Waals surface area contributed by atoms with Crippen molar-refractivity contribution >= 4 is 11.9 Å². The van der Waals surface area contributed by atoms with E-state index in [-0.39, 0.29) is 18.2 Å².